The van der Waals surface area contributed by atoms with Gasteiger partial charge in [-0.1, -0.05) is 6.07 Å². The zero-order valence-electron chi connectivity index (χ0n) is 9.13. The molecule has 0 bridgehead atoms. The molecular formula is C12H14N2OS. The van der Waals surface area contributed by atoms with Crippen LogP contribution >= 0.6 is 11.3 Å². The molecule has 0 fully saturated rings. The molecule has 84 valence electrons. The second-order valence-corrected chi connectivity index (χ2v) is 4.65. The lowest BCUT2D eigenvalue weighted by atomic mass is 10.2. The maximum atomic E-state index is 9.06. The predicted octanol–water partition coefficient (Wildman–Crippen LogP) is 2.27. The second-order valence-electron chi connectivity index (χ2n) is 3.62. The zero-order valence-corrected chi connectivity index (χ0v) is 9.94. The van der Waals surface area contributed by atoms with Crippen molar-refractivity contribution in [2.24, 2.45) is 0 Å². The highest BCUT2D eigenvalue weighted by atomic mass is 32.1. The number of anilines is 1. The van der Waals surface area contributed by atoms with Crippen LogP contribution in [0.2, 0.25) is 0 Å². The van der Waals surface area contributed by atoms with Crippen molar-refractivity contribution in [2.75, 3.05) is 11.9 Å². The summed E-state index contributed by atoms with van der Waals surface area (Å²) in [6, 6.07) is 7.89. The summed E-state index contributed by atoms with van der Waals surface area (Å²) in [5.41, 5.74) is 0.892. The predicted molar refractivity (Wildman–Crippen MR) is 66.6 cm³/mol. The number of hydrogen-bond donors (Lipinski definition) is 1. The van der Waals surface area contributed by atoms with E-state index in [0.717, 1.165) is 17.9 Å². The minimum Gasteiger partial charge on any atom is -0.392 e. The van der Waals surface area contributed by atoms with Gasteiger partial charge in [-0.05, 0) is 29.1 Å². The van der Waals surface area contributed by atoms with Crippen LogP contribution in [-0.4, -0.2) is 17.1 Å². The average Bonchev–Trinajstić information content (AvgIpc) is 2.82. The number of thiophene rings is 1. The highest BCUT2D eigenvalue weighted by Gasteiger charge is 2.04. The van der Waals surface area contributed by atoms with Crippen molar-refractivity contribution < 1.29 is 5.11 Å². The lowest BCUT2D eigenvalue weighted by Gasteiger charge is -2.17. The second kappa shape index (κ2) is 5.09. The number of aliphatic hydroxyl groups excluding tert-OH is 1. The topological polar surface area (TPSA) is 36.4 Å². The van der Waals surface area contributed by atoms with Crippen LogP contribution in [0.15, 0.2) is 35.8 Å². The number of rotatable bonds is 4. The van der Waals surface area contributed by atoms with E-state index in [2.05, 4.69) is 21.3 Å². The van der Waals surface area contributed by atoms with E-state index in [4.69, 9.17) is 5.11 Å². The SMILES string of the molecule is CN(Cc1cccs1)c1cc(CO)ccn1. The third-order valence-corrected chi connectivity index (χ3v) is 3.22. The van der Waals surface area contributed by atoms with Gasteiger partial charge in [-0.25, -0.2) is 4.98 Å². The highest BCUT2D eigenvalue weighted by Crippen LogP contribution is 2.16. The number of aromatic nitrogens is 1. The molecule has 3 nitrogen and oxygen atoms in total. The number of pyridine rings is 1. The van der Waals surface area contributed by atoms with E-state index < -0.39 is 0 Å². The van der Waals surface area contributed by atoms with Crippen LogP contribution in [-0.2, 0) is 13.2 Å². The minimum absolute atomic E-state index is 0.0579. The molecule has 0 amide bonds. The molecule has 0 unspecified atom stereocenters. The first-order valence-corrected chi connectivity index (χ1v) is 5.97. The van der Waals surface area contributed by atoms with E-state index in [9.17, 15) is 0 Å². The molecule has 0 aliphatic rings. The number of hydrogen-bond acceptors (Lipinski definition) is 4. The number of aliphatic hydroxyl groups is 1. The fourth-order valence-electron chi connectivity index (χ4n) is 1.48. The van der Waals surface area contributed by atoms with Crippen LogP contribution in [0.5, 0.6) is 0 Å². The van der Waals surface area contributed by atoms with Gasteiger partial charge in [0.05, 0.1) is 13.2 Å². The largest absolute Gasteiger partial charge is 0.392 e. The maximum absolute atomic E-state index is 9.06. The lowest BCUT2D eigenvalue weighted by Crippen LogP contribution is -2.17. The molecular weight excluding hydrogens is 220 g/mol. The summed E-state index contributed by atoms with van der Waals surface area (Å²) in [6.07, 6.45) is 1.73. The van der Waals surface area contributed by atoms with Gasteiger partial charge >= 0.3 is 0 Å². The summed E-state index contributed by atoms with van der Waals surface area (Å²) in [4.78, 5) is 7.67. The van der Waals surface area contributed by atoms with Gasteiger partial charge in [0, 0.05) is 18.1 Å². The maximum Gasteiger partial charge on any atom is 0.128 e. The van der Waals surface area contributed by atoms with E-state index in [1.54, 1.807) is 17.5 Å². The van der Waals surface area contributed by atoms with Crippen molar-refractivity contribution in [1.82, 2.24) is 4.98 Å². The van der Waals surface area contributed by atoms with Crippen LogP contribution < -0.4 is 4.90 Å². The van der Waals surface area contributed by atoms with Gasteiger partial charge in [0.1, 0.15) is 5.82 Å². The Kier molecular flexibility index (Phi) is 3.54. The van der Waals surface area contributed by atoms with Gasteiger partial charge in [0.2, 0.25) is 0 Å². The van der Waals surface area contributed by atoms with E-state index in [-0.39, 0.29) is 6.61 Å². The summed E-state index contributed by atoms with van der Waals surface area (Å²) in [7, 11) is 2.00. The van der Waals surface area contributed by atoms with Crippen molar-refractivity contribution in [3.63, 3.8) is 0 Å². The van der Waals surface area contributed by atoms with Gasteiger partial charge in [-0.15, -0.1) is 11.3 Å². The van der Waals surface area contributed by atoms with Gasteiger partial charge in [-0.3, -0.25) is 0 Å². The molecule has 2 aromatic rings. The molecule has 0 saturated carbocycles. The third kappa shape index (κ3) is 2.59. The standard InChI is InChI=1S/C12H14N2OS/c1-14(8-11-3-2-6-16-11)12-7-10(9-15)4-5-13-12/h2-7,15H,8-9H2,1H3. The summed E-state index contributed by atoms with van der Waals surface area (Å²) >= 11 is 1.74. The molecule has 0 atom stereocenters. The summed E-state index contributed by atoms with van der Waals surface area (Å²) in [6.45, 7) is 0.905. The monoisotopic (exact) mass is 234 g/mol. The Morgan fingerprint density at radius 1 is 1.44 bits per heavy atom. The quantitative estimate of drug-likeness (QED) is 0.881. The first-order chi connectivity index (χ1) is 7.79. The molecule has 0 aromatic carbocycles. The van der Waals surface area contributed by atoms with Crippen LogP contribution in [0.3, 0.4) is 0 Å². The Morgan fingerprint density at radius 2 is 2.31 bits per heavy atom. The molecule has 2 heterocycles. The van der Waals surface area contributed by atoms with Crippen LogP contribution in [0, 0.1) is 0 Å². The molecule has 16 heavy (non-hydrogen) atoms. The molecule has 4 heteroatoms. The van der Waals surface area contributed by atoms with E-state index in [1.807, 2.05) is 25.2 Å². The van der Waals surface area contributed by atoms with Gasteiger partial charge in [-0.2, -0.15) is 0 Å². The van der Waals surface area contributed by atoms with Gasteiger partial charge in [0.25, 0.3) is 0 Å². The van der Waals surface area contributed by atoms with Crippen molar-refractivity contribution in [3.05, 3.63) is 46.3 Å². The number of nitrogens with zero attached hydrogens (tertiary/aromatic N) is 2. The third-order valence-electron chi connectivity index (χ3n) is 2.36. The Morgan fingerprint density at radius 3 is 3.00 bits per heavy atom. The lowest BCUT2D eigenvalue weighted by molar-refractivity contribution is 0.281. The average molecular weight is 234 g/mol. The van der Waals surface area contributed by atoms with E-state index in [1.165, 1.54) is 4.88 Å². The molecule has 0 aliphatic heterocycles. The normalized spacial score (nSPS) is 10.4. The van der Waals surface area contributed by atoms with E-state index in [0.29, 0.717) is 0 Å². The highest BCUT2D eigenvalue weighted by molar-refractivity contribution is 7.09. The van der Waals surface area contributed by atoms with Crippen molar-refractivity contribution in [1.29, 1.82) is 0 Å². The zero-order chi connectivity index (χ0) is 11.4. The fourth-order valence-corrected chi connectivity index (χ4v) is 2.24. The molecule has 0 aliphatic carbocycles. The fraction of sp³-hybridized carbons (Fsp3) is 0.250. The summed E-state index contributed by atoms with van der Waals surface area (Å²) in [5.74, 6) is 0.889. The summed E-state index contributed by atoms with van der Waals surface area (Å²) in [5, 5.41) is 11.1. The summed E-state index contributed by atoms with van der Waals surface area (Å²) < 4.78 is 0. The van der Waals surface area contributed by atoms with E-state index >= 15 is 0 Å². The first-order valence-electron chi connectivity index (χ1n) is 5.09. The Hall–Kier alpha value is -1.39. The molecule has 0 spiro atoms. The Labute approximate surface area is 99.0 Å². The molecule has 2 rings (SSSR count). The first kappa shape index (κ1) is 11.1. The Bertz CT molecular complexity index is 442. The van der Waals surface area contributed by atoms with Crippen molar-refractivity contribution in [2.45, 2.75) is 13.2 Å². The van der Waals surface area contributed by atoms with Gasteiger partial charge < -0.3 is 10.0 Å². The van der Waals surface area contributed by atoms with Gasteiger partial charge in [0.15, 0.2) is 0 Å². The molecule has 0 saturated heterocycles. The van der Waals surface area contributed by atoms with Crippen LogP contribution in [0.1, 0.15) is 10.4 Å². The smallest absolute Gasteiger partial charge is 0.128 e. The van der Waals surface area contributed by atoms with Crippen molar-refractivity contribution in [3.8, 4) is 0 Å². The van der Waals surface area contributed by atoms with Crippen LogP contribution in [0.4, 0.5) is 5.82 Å². The minimum atomic E-state index is 0.0579. The molecule has 0 radical (unpaired) electrons. The Balaban J connectivity index is 2.11. The van der Waals surface area contributed by atoms with Crippen LogP contribution in [0.25, 0.3) is 0 Å². The molecule has 1 N–H and O–H groups in total. The molecule has 2 aromatic heterocycles. The van der Waals surface area contributed by atoms with Crippen molar-refractivity contribution >= 4 is 17.2 Å².